The predicted octanol–water partition coefficient (Wildman–Crippen LogP) is 4.36. The van der Waals surface area contributed by atoms with Gasteiger partial charge in [-0.05, 0) is 26.0 Å². The highest BCUT2D eigenvalue weighted by molar-refractivity contribution is 7.07. The molecule has 0 saturated heterocycles. The van der Waals surface area contributed by atoms with Crippen LogP contribution in [0.5, 0.6) is 0 Å². The van der Waals surface area contributed by atoms with Gasteiger partial charge in [0.1, 0.15) is 0 Å². The van der Waals surface area contributed by atoms with Crippen molar-refractivity contribution in [3.63, 3.8) is 0 Å². The zero-order valence-corrected chi connectivity index (χ0v) is 15.2. The highest BCUT2D eigenvalue weighted by Crippen LogP contribution is 2.20. The highest BCUT2D eigenvalue weighted by Gasteiger charge is 2.08. The molecule has 0 amide bonds. The third kappa shape index (κ3) is 4.19. The lowest BCUT2D eigenvalue weighted by Gasteiger charge is -2.06. The smallest absolute Gasteiger partial charge is 0.206 e. The average molecular weight is 348 g/mol. The number of nitrogens with zero attached hydrogens (tertiary/aromatic N) is 4. The monoisotopic (exact) mass is 348 g/mol. The summed E-state index contributed by atoms with van der Waals surface area (Å²) >= 11 is 1.58. The summed E-state index contributed by atoms with van der Waals surface area (Å²) < 4.78 is 1.90. The molecule has 0 aliphatic heterocycles. The Morgan fingerprint density at radius 1 is 1.12 bits per heavy atom. The van der Waals surface area contributed by atoms with Gasteiger partial charge >= 0.3 is 0 Å². The number of hydrogen-bond donors (Lipinski definition) is 0. The highest BCUT2D eigenvalue weighted by atomic mass is 32.1. The summed E-state index contributed by atoms with van der Waals surface area (Å²) in [6.07, 6.45) is 1.77. The fraction of sp³-hybridized carbons (Fsp3) is 0.150. The lowest BCUT2D eigenvalue weighted by Crippen LogP contribution is -2.15. The molecular weight excluding hydrogens is 328 g/mol. The van der Waals surface area contributed by atoms with Crippen LogP contribution in [-0.4, -0.2) is 21.9 Å². The Morgan fingerprint density at radius 2 is 1.88 bits per heavy atom. The molecule has 5 heteroatoms. The molecule has 0 fully saturated rings. The molecule has 1 aromatic carbocycles. The second-order valence-electron chi connectivity index (χ2n) is 5.76. The zero-order chi connectivity index (χ0) is 17.6. The van der Waals surface area contributed by atoms with Crippen LogP contribution >= 0.6 is 11.3 Å². The van der Waals surface area contributed by atoms with E-state index in [9.17, 15) is 0 Å². The summed E-state index contributed by atoms with van der Waals surface area (Å²) in [6.45, 7) is 8.46. The Balaban J connectivity index is 2.13. The van der Waals surface area contributed by atoms with Crippen molar-refractivity contribution in [2.24, 2.45) is 10.1 Å². The van der Waals surface area contributed by atoms with Gasteiger partial charge in [-0.2, -0.15) is 5.10 Å². The van der Waals surface area contributed by atoms with E-state index in [2.05, 4.69) is 34.1 Å². The lowest BCUT2D eigenvalue weighted by molar-refractivity contribution is 0.829. The lowest BCUT2D eigenvalue weighted by atomic mass is 10.2. The van der Waals surface area contributed by atoms with Crippen molar-refractivity contribution in [1.29, 1.82) is 0 Å². The topological polar surface area (TPSA) is 42.5 Å². The third-order valence-corrected chi connectivity index (χ3v) is 4.38. The van der Waals surface area contributed by atoms with Crippen LogP contribution in [0.15, 0.2) is 82.4 Å². The maximum atomic E-state index is 4.80. The van der Waals surface area contributed by atoms with Gasteiger partial charge in [-0.1, -0.05) is 48.6 Å². The predicted molar refractivity (Wildman–Crippen MR) is 105 cm³/mol. The summed E-state index contributed by atoms with van der Waals surface area (Å²) in [7, 11) is 0. The van der Waals surface area contributed by atoms with Crippen molar-refractivity contribution in [3.8, 4) is 11.3 Å². The first-order valence-electron chi connectivity index (χ1n) is 8.03. The van der Waals surface area contributed by atoms with E-state index in [1.165, 1.54) is 0 Å². The van der Waals surface area contributed by atoms with Gasteiger partial charge in [0.15, 0.2) is 0 Å². The molecule has 0 spiro atoms. The average Bonchev–Trinajstić information content (AvgIpc) is 3.04. The van der Waals surface area contributed by atoms with E-state index in [1.54, 1.807) is 17.5 Å². The second kappa shape index (κ2) is 7.85. The van der Waals surface area contributed by atoms with Crippen LogP contribution in [0.25, 0.3) is 11.3 Å². The molecule has 0 atom stereocenters. The van der Waals surface area contributed by atoms with Crippen molar-refractivity contribution < 1.29 is 0 Å². The fourth-order valence-corrected chi connectivity index (χ4v) is 3.12. The van der Waals surface area contributed by atoms with Crippen LogP contribution in [0.2, 0.25) is 0 Å². The second-order valence-corrected chi connectivity index (χ2v) is 6.59. The number of hydrogen-bond acceptors (Lipinski definition) is 4. The van der Waals surface area contributed by atoms with E-state index in [-0.39, 0.29) is 0 Å². The molecule has 2 heterocycles. The summed E-state index contributed by atoms with van der Waals surface area (Å²) in [4.78, 5) is 9.88. The first-order chi connectivity index (χ1) is 12.1. The van der Waals surface area contributed by atoms with E-state index in [4.69, 9.17) is 5.10 Å². The van der Waals surface area contributed by atoms with Crippen LogP contribution in [0, 0.1) is 0 Å². The molecule has 2 aromatic heterocycles. The van der Waals surface area contributed by atoms with Crippen LogP contribution in [0.1, 0.15) is 19.5 Å². The minimum Gasteiger partial charge on any atom is -0.255 e. The number of rotatable bonds is 5. The summed E-state index contributed by atoms with van der Waals surface area (Å²) in [5.41, 5.74) is 4.83. The van der Waals surface area contributed by atoms with E-state index < -0.39 is 0 Å². The van der Waals surface area contributed by atoms with Crippen molar-refractivity contribution in [2.75, 3.05) is 6.54 Å². The molecule has 0 bridgehead atoms. The van der Waals surface area contributed by atoms with E-state index in [0.717, 1.165) is 33.0 Å². The summed E-state index contributed by atoms with van der Waals surface area (Å²) in [6, 6.07) is 16.0. The molecule has 0 unspecified atom stereocenters. The normalized spacial score (nSPS) is 12.4. The Labute approximate surface area is 151 Å². The SMILES string of the molecule is C=C(C)CN=c1scc(-c2ccccc2)n1N=C(C)c1ccccn1. The van der Waals surface area contributed by atoms with E-state index >= 15 is 0 Å². The number of pyridine rings is 1. The standard InChI is InChI=1S/C20H20N4S/c1-15(2)13-22-20-24(23-16(3)18-11-7-8-12-21-18)19(14-25-20)17-9-5-4-6-10-17/h4-12,14H,1,13H2,2-3H3. The van der Waals surface area contributed by atoms with Crippen LogP contribution in [-0.2, 0) is 0 Å². The fourth-order valence-electron chi connectivity index (χ4n) is 2.29. The first kappa shape index (κ1) is 17.0. The van der Waals surface area contributed by atoms with Crippen LogP contribution in [0.3, 0.4) is 0 Å². The van der Waals surface area contributed by atoms with E-state index in [1.807, 2.05) is 54.9 Å². The number of thiazole rings is 1. The van der Waals surface area contributed by atoms with Gasteiger partial charge in [-0.15, -0.1) is 11.3 Å². The third-order valence-electron chi connectivity index (χ3n) is 3.52. The molecule has 0 aliphatic carbocycles. The van der Waals surface area contributed by atoms with Gasteiger partial charge in [0.05, 0.1) is 23.6 Å². The maximum absolute atomic E-state index is 4.80. The van der Waals surface area contributed by atoms with Gasteiger partial charge in [0.25, 0.3) is 0 Å². The van der Waals surface area contributed by atoms with Crippen molar-refractivity contribution in [2.45, 2.75) is 13.8 Å². The zero-order valence-electron chi connectivity index (χ0n) is 14.4. The Kier molecular flexibility index (Phi) is 5.36. The minimum absolute atomic E-state index is 0.590. The molecule has 0 radical (unpaired) electrons. The van der Waals surface area contributed by atoms with Gasteiger partial charge in [-0.3, -0.25) is 9.98 Å². The van der Waals surface area contributed by atoms with Crippen LogP contribution in [0.4, 0.5) is 0 Å². The molecular formula is C20H20N4S. The van der Waals surface area contributed by atoms with Crippen molar-refractivity contribution in [3.05, 3.63) is 82.8 Å². The molecule has 0 aliphatic rings. The van der Waals surface area contributed by atoms with Gasteiger partial charge in [0.2, 0.25) is 4.80 Å². The van der Waals surface area contributed by atoms with Gasteiger partial charge < -0.3 is 0 Å². The summed E-state index contributed by atoms with van der Waals surface area (Å²) in [5, 5.41) is 6.89. The molecule has 3 aromatic rings. The Morgan fingerprint density at radius 3 is 2.56 bits per heavy atom. The number of benzene rings is 1. The van der Waals surface area contributed by atoms with Crippen molar-refractivity contribution in [1.82, 2.24) is 9.66 Å². The van der Waals surface area contributed by atoms with E-state index in [0.29, 0.717) is 6.54 Å². The number of aromatic nitrogens is 2. The van der Waals surface area contributed by atoms with Crippen molar-refractivity contribution >= 4 is 17.0 Å². The quantitative estimate of drug-likeness (QED) is 0.499. The minimum atomic E-state index is 0.590. The maximum Gasteiger partial charge on any atom is 0.206 e. The summed E-state index contributed by atoms with van der Waals surface area (Å²) in [5.74, 6) is 0. The molecule has 0 saturated carbocycles. The molecule has 126 valence electrons. The Hall–Kier alpha value is -2.79. The van der Waals surface area contributed by atoms with Gasteiger partial charge in [-0.25, -0.2) is 4.68 Å². The first-order valence-corrected chi connectivity index (χ1v) is 8.91. The molecule has 3 rings (SSSR count). The largest absolute Gasteiger partial charge is 0.255 e. The van der Waals surface area contributed by atoms with Gasteiger partial charge in [0, 0.05) is 17.1 Å². The Bertz CT molecular complexity index is 950. The molecule has 25 heavy (non-hydrogen) atoms. The molecule has 0 N–H and O–H groups in total. The van der Waals surface area contributed by atoms with Crippen LogP contribution < -0.4 is 4.80 Å². The molecule has 4 nitrogen and oxygen atoms in total.